The molecule has 0 aliphatic rings. The fourth-order valence-corrected chi connectivity index (χ4v) is 1.65. The van der Waals surface area contributed by atoms with E-state index in [0.717, 1.165) is 17.7 Å². The van der Waals surface area contributed by atoms with Crippen LogP contribution in [-0.2, 0) is 6.61 Å². The summed E-state index contributed by atoms with van der Waals surface area (Å²) in [5, 5.41) is 19.8. The highest BCUT2D eigenvalue weighted by atomic mass is 16.6. The lowest BCUT2D eigenvalue weighted by Crippen LogP contribution is -2.02. The van der Waals surface area contributed by atoms with Gasteiger partial charge >= 0.3 is 11.7 Å². The minimum absolute atomic E-state index is 0.0567. The molecule has 0 aromatic heterocycles. The lowest BCUT2D eigenvalue weighted by Gasteiger charge is -2.07. The highest BCUT2D eigenvalue weighted by molar-refractivity contribution is 5.88. The van der Waals surface area contributed by atoms with Crippen LogP contribution in [-0.4, -0.2) is 16.0 Å². The average molecular weight is 273 g/mol. The molecule has 0 saturated carbocycles. The zero-order chi connectivity index (χ0) is 14.5. The van der Waals surface area contributed by atoms with Gasteiger partial charge in [-0.2, -0.15) is 0 Å². The number of ether oxygens (including phenoxy) is 1. The third kappa shape index (κ3) is 3.11. The largest absolute Gasteiger partial charge is 0.482 e. The molecule has 0 radical (unpaired) electrons. The maximum Gasteiger partial charge on any atom is 0.335 e. The molecule has 0 fully saturated rings. The van der Waals surface area contributed by atoms with Gasteiger partial charge in [-0.3, -0.25) is 10.1 Å². The van der Waals surface area contributed by atoms with Crippen LogP contribution in [0, 0.1) is 10.1 Å². The highest BCUT2D eigenvalue weighted by Crippen LogP contribution is 2.28. The predicted molar refractivity (Wildman–Crippen MR) is 70.8 cm³/mol. The van der Waals surface area contributed by atoms with Crippen LogP contribution < -0.4 is 4.74 Å². The third-order valence-electron chi connectivity index (χ3n) is 2.64. The van der Waals surface area contributed by atoms with Gasteiger partial charge in [0.05, 0.1) is 10.5 Å². The van der Waals surface area contributed by atoms with Crippen molar-refractivity contribution in [2.24, 2.45) is 0 Å². The van der Waals surface area contributed by atoms with Crippen LogP contribution >= 0.6 is 0 Å². The van der Waals surface area contributed by atoms with Crippen LogP contribution in [0.2, 0.25) is 0 Å². The summed E-state index contributed by atoms with van der Waals surface area (Å²) in [6, 6.07) is 12.6. The number of nitro groups is 1. The Balaban J connectivity index is 2.26. The molecule has 0 heterocycles. The molecule has 1 N–H and O–H groups in total. The Kier molecular flexibility index (Phi) is 3.95. The molecular weight excluding hydrogens is 262 g/mol. The molecule has 6 nitrogen and oxygen atoms in total. The van der Waals surface area contributed by atoms with Crippen molar-refractivity contribution in [2.45, 2.75) is 6.61 Å². The fraction of sp³-hybridized carbons (Fsp3) is 0.0714. The second-order valence-corrected chi connectivity index (χ2v) is 4.02. The summed E-state index contributed by atoms with van der Waals surface area (Å²) in [5.74, 6) is -1.22. The summed E-state index contributed by atoms with van der Waals surface area (Å²) < 4.78 is 5.37. The minimum Gasteiger partial charge on any atom is -0.482 e. The summed E-state index contributed by atoms with van der Waals surface area (Å²) >= 11 is 0. The van der Waals surface area contributed by atoms with Crippen LogP contribution in [0.25, 0.3) is 0 Å². The average Bonchev–Trinajstić information content (AvgIpc) is 2.45. The Bertz CT molecular complexity index is 639. The molecule has 0 unspecified atom stereocenters. The SMILES string of the molecule is O=C(O)c1ccc([N+](=O)[O-])c(OCc2ccccc2)c1. The zero-order valence-electron chi connectivity index (χ0n) is 10.4. The van der Waals surface area contributed by atoms with Gasteiger partial charge in [-0.1, -0.05) is 30.3 Å². The van der Waals surface area contributed by atoms with E-state index < -0.39 is 10.9 Å². The van der Waals surface area contributed by atoms with Crippen LogP contribution in [0.5, 0.6) is 5.75 Å². The van der Waals surface area contributed by atoms with E-state index in [1.54, 1.807) is 0 Å². The minimum atomic E-state index is -1.16. The lowest BCUT2D eigenvalue weighted by atomic mass is 10.2. The molecule has 0 atom stereocenters. The van der Waals surface area contributed by atoms with Crippen molar-refractivity contribution in [1.82, 2.24) is 0 Å². The monoisotopic (exact) mass is 273 g/mol. The quantitative estimate of drug-likeness (QED) is 0.668. The maximum absolute atomic E-state index is 10.9. The summed E-state index contributed by atoms with van der Waals surface area (Å²) in [4.78, 5) is 21.2. The zero-order valence-corrected chi connectivity index (χ0v) is 10.4. The summed E-state index contributed by atoms with van der Waals surface area (Å²) in [6.45, 7) is 0.130. The number of nitrogens with zero attached hydrogens (tertiary/aromatic N) is 1. The fourth-order valence-electron chi connectivity index (χ4n) is 1.65. The normalized spacial score (nSPS) is 10.0. The number of rotatable bonds is 5. The van der Waals surface area contributed by atoms with Crippen molar-refractivity contribution >= 4 is 11.7 Å². The molecule has 6 heteroatoms. The van der Waals surface area contributed by atoms with Gasteiger partial charge in [-0.25, -0.2) is 4.79 Å². The Morgan fingerprint density at radius 1 is 1.20 bits per heavy atom. The van der Waals surface area contributed by atoms with Gasteiger partial charge in [0, 0.05) is 12.1 Å². The smallest absolute Gasteiger partial charge is 0.335 e. The van der Waals surface area contributed by atoms with Gasteiger partial charge in [0.1, 0.15) is 6.61 Å². The number of hydrogen-bond donors (Lipinski definition) is 1. The molecule has 0 saturated heterocycles. The molecule has 0 bridgehead atoms. The van der Waals surface area contributed by atoms with Crippen molar-refractivity contribution in [2.75, 3.05) is 0 Å². The molecular formula is C14H11NO5. The second-order valence-electron chi connectivity index (χ2n) is 4.02. The van der Waals surface area contributed by atoms with E-state index in [9.17, 15) is 14.9 Å². The number of nitro benzene ring substituents is 1. The van der Waals surface area contributed by atoms with Crippen molar-refractivity contribution in [3.63, 3.8) is 0 Å². The first-order valence-corrected chi connectivity index (χ1v) is 5.76. The van der Waals surface area contributed by atoms with E-state index in [1.165, 1.54) is 6.07 Å². The number of aromatic carboxylic acids is 1. The molecule has 0 amide bonds. The molecule has 0 spiro atoms. The predicted octanol–water partition coefficient (Wildman–Crippen LogP) is 2.87. The topological polar surface area (TPSA) is 89.7 Å². The van der Waals surface area contributed by atoms with Gasteiger partial charge in [-0.05, 0) is 11.6 Å². The van der Waals surface area contributed by atoms with Crippen molar-refractivity contribution in [3.05, 3.63) is 69.8 Å². The molecule has 2 aromatic rings. The molecule has 2 aromatic carbocycles. The lowest BCUT2D eigenvalue weighted by molar-refractivity contribution is -0.385. The Morgan fingerprint density at radius 2 is 1.90 bits per heavy atom. The van der Waals surface area contributed by atoms with Gasteiger partial charge in [0.15, 0.2) is 5.75 Å². The number of carbonyl (C=O) groups is 1. The van der Waals surface area contributed by atoms with E-state index in [-0.39, 0.29) is 23.6 Å². The maximum atomic E-state index is 10.9. The Labute approximate surface area is 114 Å². The first-order valence-electron chi connectivity index (χ1n) is 5.76. The van der Waals surface area contributed by atoms with E-state index in [2.05, 4.69) is 0 Å². The van der Waals surface area contributed by atoms with Crippen molar-refractivity contribution < 1.29 is 19.6 Å². The van der Waals surface area contributed by atoms with Gasteiger partial charge in [0.2, 0.25) is 0 Å². The number of carboxylic acid groups (broad SMARTS) is 1. The second kappa shape index (κ2) is 5.83. The third-order valence-corrected chi connectivity index (χ3v) is 2.64. The summed E-state index contributed by atoms with van der Waals surface area (Å²) in [7, 11) is 0. The first kappa shape index (κ1) is 13.5. The Hall–Kier alpha value is -2.89. The van der Waals surface area contributed by atoms with Gasteiger partial charge in [-0.15, -0.1) is 0 Å². The van der Waals surface area contributed by atoms with Gasteiger partial charge < -0.3 is 9.84 Å². The van der Waals surface area contributed by atoms with E-state index in [1.807, 2.05) is 30.3 Å². The van der Waals surface area contributed by atoms with Crippen LogP contribution in [0.4, 0.5) is 5.69 Å². The van der Waals surface area contributed by atoms with Crippen LogP contribution in [0.15, 0.2) is 48.5 Å². The van der Waals surface area contributed by atoms with Crippen molar-refractivity contribution in [3.8, 4) is 5.75 Å². The standard InChI is InChI=1S/C14H11NO5/c16-14(17)11-6-7-12(15(18)19)13(8-11)20-9-10-4-2-1-3-5-10/h1-8H,9H2,(H,16,17). The number of carboxylic acids is 1. The van der Waals surface area contributed by atoms with Crippen LogP contribution in [0.1, 0.15) is 15.9 Å². The molecule has 2 rings (SSSR count). The van der Waals surface area contributed by atoms with E-state index >= 15 is 0 Å². The van der Waals surface area contributed by atoms with E-state index in [4.69, 9.17) is 9.84 Å². The number of benzene rings is 2. The highest BCUT2D eigenvalue weighted by Gasteiger charge is 2.17. The molecule has 0 aliphatic heterocycles. The van der Waals surface area contributed by atoms with Crippen LogP contribution in [0.3, 0.4) is 0 Å². The summed E-state index contributed by atoms with van der Waals surface area (Å²) in [5.41, 5.74) is 0.520. The van der Waals surface area contributed by atoms with Gasteiger partial charge in [0.25, 0.3) is 0 Å². The molecule has 20 heavy (non-hydrogen) atoms. The molecule has 102 valence electrons. The molecule has 0 aliphatic carbocycles. The van der Waals surface area contributed by atoms with E-state index in [0.29, 0.717) is 0 Å². The van der Waals surface area contributed by atoms with Crippen molar-refractivity contribution in [1.29, 1.82) is 0 Å². The Morgan fingerprint density at radius 3 is 2.50 bits per heavy atom. The summed E-state index contributed by atoms with van der Waals surface area (Å²) in [6.07, 6.45) is 0. The first-order chi connectivity index (χ1) is 9.58. The number of hydrogen-bond acceptors (Lipinski definition) is 4.